The van der Waals surface area contributed by atoms with Gasteiger partial charge in [0.05, 0.1) is 5.69 Å². The number of Topliss-reactive ketones (excluding diaryl/α,β-unsaturated/α-hetero) is 1. The number of hydrogen-bond donors (Lipinski definition) is 0. The number of aromatic nitrogens is 5. The van der Waals surface area contributed by atoms with Gasteiger partial charge in [-0.15, -0.1) is 10.2 Å². The molecule has 6 rings (SSSR count). The van der Waals surface area contributed by atoms with Crippen LogP contribution in [0, 0.1) is 0 Å². The van der Waals surface area contributed by atoms with Crippen LogP contribution in [0.3, 0.4) is 0 Å². The van der Waals surface area contributed by atoms with Gasteiger partial charge >= 0.3 is 0 Å². The lowest BCUT2D eigenvalue weighted by atomic mass is 10.1. The van der Waals surface area contributed by atoms with Gasteiger partial charge in [-0.25, -0.2) is 4.52 Å². The number of fused-ring (bicyclic) bond motifs is 3. The standard InChI is InChI=1S/C28H27N7O2/c1-20(36)21-7-9-23(10-8-21)32-13-15-33(16-14-32)27(37)12-11-26-29-30-28-25-19-24(22-5-3-2-4-6-22)31-35(25)18-17-34(26)28/h2-10,17-19H,11-16H2,1H3. The van der Waals surface area contributed by atoms with Crippen molar-refractivity contribution in [1.82, 2.24) is 29.1 Å². The summed E-state index contributed by atoms with van der Waals surface area (Å²) in [7, 11) is 0. The second-order valence-electron chi connectivity index (χ2n) is 9.30. The summed E-state index contributed by atoms with van der Waals surface area (Å²) in [6.45, 7) is 4.45. The van der Waals surface area contributed by atoms with Crippen molar-refractivity contribution in [2.45, 2.75) is 19.8 Å². The minimum absolute atomic E-state index is 0.0639. The van der Waals surface area contributed by atoms with E-state index in [4.69, 9.17) is 0 Å². The number of piperazine rings is 1. The van der Waals surface area contributed by atoms with Gasteiger partial charge in [-0.05, 0) is 37.3 Å². The average Bonchev–Trinajstić information content (AvgIpc) is 3.56. The van der Waals surface area contributed by atoms with E-state index in [0.717, 1.165) is 47.0 Å². The van der Waals surface area contributed by atoms with Crippen LogP contribution in [-0.4, -0.2) is 67.0 Å². The second-order valence-corrected chi connectivity index (χ2v) is 9.30. The SMILES string of the molecule is CC(=O)c1ccc(N2CCN(C(=O)CCc3nnc4c5cc(-c6ccccc6)nn5ccn34)CC2)cc1. The Morgan fingerprint density at radius 1 is 0.892 bits per heavy atom. The summed E-state index contributed by atoms with van der Waals surface area (Å²) in [5.41, 5.74) is 5.31. The zero-order chi connectivity index (χ0) is 25.4. The maximum Gasteiger partial charge on any atom is 0.223 e. The lowest BCUT2D eigenvalue weighted by Crippen LogP contribution is -2.48. The number of carbonyl (C=O) groups excluding carboxylic acids is 2. The Balaban J connectivity index is 1.10. The number of benzene rings is 2. The smallest absolute Gasteiger partial charge is 0.223 e. The molecule has 0 atom stereocenters. The first-order chi connectivity index (χ1) is 18.1. The summed E-state index contributed by atoms with van der Waals surface area (Å²) in [5.74, 6) is 0.951. The van der Waals surface area contributed by atoms with Crippen molar-refractivity contribution in [1.29, 1.82) is 0 Å². The summed E-state index contributed by atoms with van der Waals surface area (Å²) in [5, 5.41) is 13.5. The van der Waals surface area contributed by atoms with Gasteiger partial charge < -0.3 is 9.80 Å². The van der Waals surface area contributed by atoms with Crippen LogP contribution in [0.2, 0.25) is 0 Å². The van der Waals surface area contributed by atoms with Crippen LogP contribution in [0.15, 0.2) is 73.1 Å². The first kappa shape index (κ1) is 22.9. The minimum atomic E-state index is 0.0639. The van der Waals surface area contributed by atoms with Gasteiger partial charge in [-0.1, -0.05) is 30.3 Å². The summed E-state index contributed by atoms with van der Waals surface area (Å²) < 4.78 is 3.76. The quantitative estimate of drug-likeness (QED) is 0.336. The Labute approximate surface area is 213 Å². The number of amides is 1. The molecule has 2 aromatic carbocycles. The molecule has 0 bridgehead atoms. The fourth-order valence-corrected chi connectivity index (χ4v) is 4.88. The summed E-state index contributed by atoms with van der Waals surface area (Å²) in [4.78, 5) is 28.6. The van der Waals surface area contributed by atoms with E-state index in [9.17, 15) is 9.59 Å². The third-order valence-electron chi connectivity index (χ3n) is 6.99. The molecular weight excluding hydrogens is 466 g/mol. The Bertz CT molecular complexity index is 1580. The number of anilines is 1. The highest BCUT2D eigenvalue weighted by molar-refractivity contribution is 5.94. The molecule has 9 nitrogen and oxygen atoms in total. The number of carbonyl (C=O) groups is 2. The van der Waals surface area contributed by atoms with Gasteiger partial charge in [-0.3, -0.25) is 14.0 Å². The summed E-state index contributed by atoms with van der Waals surface area (Å²) in [6.07, 6.45) is 4.70. The molecule has 0 unspecified atom stereocenters. The fourth-order valence-electron chi connectivity index (χ4n) is 4.88. The van der Waals surface area contributed by atoms with E-state index in [1.165, 1.54) is 0 Å². The van der Waals surface area contributed by atoms with Gasteiger partial charge in [0.1, 0.15) is 11.3 Å². The lowest BCUT2D eigenvalue weighted by molar-refractivity contribution is -0.131. The Kier molecular flexibility index (Phi) is 5.88. The van der Waals surface area contributed by atoms with Crippen LogP contribution in [0.5, 0.6) is 0 Å². The van der Waals surface area contributed by atoms with Crippen molar-refractivity contribution in [3.05, 3.63) is 84.4 Å². The van der Waals surface area contributed by atoms with Gasteiger partial charge in [0, 0.05) is 68.2 Å². The number of nitrogens with zero attached hydrogens (tertiary/aromatic N) is 7. The van der Waals surface area contributed by atoms with E-state index >= 15 is 0 Å². The Morgan fingerprint density at radius 2 is 1.65 bits per heavy atom. The molecule has 3 aromatic heterocycles. The van der Waals surface area contributed by atoms with Gasteiger partial charge in [0.25, 0.3) is 0 Å². The molecule has 9 heteroatoms. The van der Waals surface area contributed by atoms with Crippen LogP contribution in [0.4, 0.5) is 5.69 Å². The first-order valence-electron chi connectivity index (χ1n) is 12.5. The van der Waals surface area contributed by atoms with Crippen LogP contribution >= 0.6 is 0 Å². The molecule has 186 valence electrons. The van der Waals surface area contributed by atoms with E-state index in [2.05, 4.69) is 20.2 Å². The normalized spacial score (nSPS) is 14.0. The summed E-state index contributed by atoms with van der Waals surface area (Å²) >= 11 is 0. The molecule has 4 heterocycles. The monoisotopic (exact) mass is 493 g/mol. The highest BCUT2D eigenvalue weighted by Crippen LogP contribution is 2.22. The molecule has 1 aliphatic heterocycles. The van der Waals surface area contributed by atoms with Crippen molar-refractivity contribution in [2.75, 3.05) is 31.1 Å². The highest BCUT2D eigenvalue weighted by atomic mass is 16.2. The molecule has 0 N–H and O–H groups in total. The molecular formula is C28H27N7O2. The maximum absolute atomic E-state index is 13.0. The van der Waals surface area contributed by atoms with Gasteiger partial charge in [-0.2, -0.15) is 5.10 Å². The van der Waals surface area contributed by atoms with Crippen molar-refractivity contribution in [3.63, 3.8) is 0 Å². The third kappa shape index (κ3) is 4.44. The lowest BCUT2D eigenvalue weighted by Gasteiger charge is -2.36. The highest BCUT2D eigenvalue weighted by Gasteiger charge is 2.22. The Hall–Kier alpha value is -4.53. The molecule has 1 aliphatic rings. The number of hydrogen-bond acceptors (Lipinski definition) is 6. The molecule has 1 saturated heterocycles. The van der Waals surface area contributed by atoms with Crippen molar-refractivity contribution in [2.24, 2.45) is 0 Å². The van der Waals surface area contributed by atoms with E-state index < -0.39 is 0 Å². The molecule has 0 spiro atoms. The molecule has 0 radical (unpaired) electrons. The Morgan fingerprint density at radius 3 is 2.38 bits per heavy atom. The van der Waals surface area contributed by atoms with Crippen molar-refractivity contribution >= 4 is 28.5 Å². The second kappa shape index (κ2) is 9.50. The zero-order valence-corrected chi connectivity index (χ0v) is 20.6. The first-order valence-corrected chi connectivity index (χ1v) is 12.5. The van der Waals surface area contributed by atoms with E-state index in [0.29, 0.717) is 31.5 Å². The molecule has 0 saturated carbocycles. The molecule has 5 aromatic rings. The average molecular weight is 494 g/mol. The molecule has 1 fully saturated rings. The van der Waals surface area contributed by atoms with Crippen molar-refractivity contribution in [3.8, 4) is 11.3 Å². The van der Waals surface area contributed by atoms with Crippen LogP contribution < -0.4 is 4.90 Å². The number of ketones is 1. The zero-order valence-electron chi connectivity index (χ0n) is 20.6. The van der Waals surface area contributed by atoms with Crippen molar-refractivity contribution < 1.29 is 9.59 Å². The molecule has 37 heavy (non-hydrogen) atoms. The van der Waals surface area contributed by atoms with Crippen LogP contribution in [0.25, 0.3) is 22.4 Å². The fraction of sp³-hybridized carbons (Fsp3) is 0.250. The van der Waals surface area contributed by atoms with Gasteiger partial charge in [0.15, 0.2) is 11.4 Å². The van der Waals surface area contributed by atoms with Crippen LogP contribution in [0.1, 0.15) is 29.5 Å². The third-order valence-corrected chi connectivity index (χ3v) is 6.99. The van der Waals surface area contributed by atoms with Gasteiger partial charge in [0.2, 0.25) is 5.91 Å². The minimum Gasteiger partial charge on any atom is -0.368 e. The predicted molar refractivity (Wildman–Crippen MR) is 141 cm³/mol. The van der Waals surface area contributed by atoms with Crippen LogP contribution in [-0.2, 0) is 11.2 Å². The molecule has 1 amide bonds. The van der Waals surface area contributed by atoms with E-state index in [-0.39, 0.29) is 11.7 Å². The largest absolute Gasteiger partial charge is 0.368 e. The molecule has 0 aliphatic carbocycles. The van der Waals surface area contributed by atoms with E-state index in [1.54, 1.807) is 6.92 Å². The topological polar surface area (TPSA) is 88.1 Å². The summed E-state index contributed by atoms with van der Waals surface area (Å²) in [6, 6.07) is 19.7. The predicted octanol–water partition coefficient (Wildman–Crippen LogP) is 3.53. The number of rotatable bonds is 6. The number of aryl methyl sites for hydroxylation is 1. The van der Waals surface area contributed by atoms with E-state index in [1.807, 2.05) is 86.9 Å². The maximum atomic E-state index is 13.0.